The highest BCUT2D eigenvalue weighted by Crippen LogP contribution is 2.65. The standard InChI is InChI=1S/C13H20BrNO3S/c1-4-7-15-19(17,18)8-13(3)9-5-6-12(13,2)11(16)10(9)14/h4,9-10,15H,1,5-8H2,2-3H3/t9-,10-,12-,13+/m0/s1. The second kappa shape index (κ2) is 4.67. The average molecular weight is 350 g/mol. The number of fused-ring (bicyclic) bond motifs is 2. The van der Waals surface area contributed by atoms with Gasteiger partial charge in [0.1, 0.15) is 0 Å². The molecular formula is C13H20BrNO3S. The molecular weight excluding hydrogens is 330 g/mol. The highest BCUT2D eigenvalue weighted by Gasteiger charge is 2.68. The van der Waals surface area contributed by atoms with Crippen molar-refractivity contribution in [2.45, 2.75) is 31.5 Å². The van der Waals surface area contributed by atoms with Gasteiger partial charge in [0.05, 0.1) is 10.6 Å². The molecule has 4 nitrogen and oxygen atoms in total. The van der Waals surface area contributed by atoms with Crippen molar-refractivity contribution in [3.05, 3.63) is 12.7 Å². The van der Waals surface area contributed by atoms with E-state index in [0.717, 1.165) is 12.8 Å². The van der Waals surface area contributed by atoms with Gasteiger partial charge < -0.3 is 0 Å². The summed E-state index contributed by atoms with van der Waals surface area (Å²) in [4.78, 5) is 12.1. The number of carbonyl (C=O) groups excluding carboxylic acids is 1. The third-order valence-corrected chi connectivity index (χ3v) is 7.76. The Morgan fingerprint density at radius 3 is 2.63 bits per heavy atom. The van der Waals surface area contributed by atoms with Crippen LogP contribution in [0, 0.1) is 16.7 Å². The van der Waals surface area contributed by atoms with Crippen LogP contribution in [0.2, 0.25) is 0 Å². The molecule has 0 aromatic heterocycles. The fourth-order valence-corrected chi connectivity index (χ4v) is 6.87. The summed E-state index contributed by atoms with van der Waals surface area (Å²) in [5, 5.41) is 0. The van der Waals surface area contributed by atoms with E-state index >= 15 is 0 Å². The zero-order chi connectivity index (χ0) is 14.5. The zero-order valence-corrected chi connectivity index (χ0v) is 13.7. The molecule has 0 unspecified atom stereocenters. The normalized spacial score (nSPS) is 41.7. The second-order valence-corrected chi connectivity index (χ2v) is 8.85. The minimum Gasteiger partial charge on any atom is -0.298 e. The third-order valence-electron chi connectivity index (χ3n) is 5.12. The molecule has 2 saturated carbocycles. The number of Topliss-reactive ketones (excluding diaryl/α,β-unsaturated/α-hetero) is 1. The van der Waals surface area contributed by atoms with E-state index in [9.17, 15) is 13.2 Å². The van der Waals surface area contributed by atoms with Crippen molar-refractivity contribution in [1.29, 1.82) is 0 Å². The summed E-state index contributed by atoms with van der Waals surface area (Å²) in [5.74, 6) is 0.263. The summed E-state index contributed by atoms with van der Waals surface area (Å²) in [7, 11) is -3.39. The molecule has 6 heteroatoms. The number of carbonyl (C=O) groups is 1. The molecule has 4 atom stereocenters. The maximum Gasteiger partial charge on any atom is 0.212 e. The number of sulfonamides is 1. The van der Waals surface area contributed by atoms with Crippen LogP contribution in [0.25, 0.3) is 0 Å². The average Bonchev–Trinajstić information content (AvgIpc) is 2.63. The SMILES string of the molecule is C=CCNS(=O)(=O)C[C@]1(C)[C@H]2CC[C@@]1(C)C(=O)[C@H]2Br. The minimum atomic E-state index is -3.39. The van der Waals surface area contributed by atoms with Crippen molar-refractivity contribution in [3.8, 4) is 0 Å². The van der Waals surface area contributed by atoms with Crippen molar-refractivity contribution < 1.29 is 13.2 Å². The van der Waals surface area contributed by atoms with Gasteiger partial charge in [-0.3, -0.25) is 4.79 Å². The maximum absolute atomic E-state index is 12.3. The summed E-state index contributed by atoms with van der Waals surface area (Å²) in [6, 6.07) is 0. The van der Waals surface area contributed by atoms with Gasteiger partial charge in [0.15, 0.2) is 5.78 Å². The number of alkyl halides is 1. The van der Waals surface area contributed by atoms with Gasteiger partial charge in [-0.15, -0.1) is 6.58 Å². The number of hydrogen-bond acceptors (Lipinski definition) is 3. The van der Waals surface area contributed by atoms with Crippen LogP contribution in [0.1, 0.15) is 26.7 Å². The van der Waals surface area contributed by atoms with Gasteiger partial charge in [-0.1, -0.05) is 35.9 Å². The Labute approximate surface area is 123 Å². The summed E-state index contributed by atoms with van der Waals surface area (Å²) in [6.45, 7) is 7.59. The van der Waals surface area contributed by atoms with Gasteiger partial charge in [0.25, 0.3) is 0 Å². The van der Waals surface area contributed by atoms with Gasteiger partial charge in [0.2, 0.25) is 10.0 Å². The van der Waals surface area contributed by atoms with Gasteiger partial charge in [-0.2, -0.15) is 0 Å². The molecule has 0 radical (unpaired) electrons. The van der Waals surface area contributed by atoms with Gasteiger partial charge in [-0.25, -0.2) is 13.1 Å². The third kappa shape index (κ3) is 2.12. The van der Waals surface area contributed by atoms with Crippen LogP contribution in [-0.4, -0.2) is 31.3 Å². The van der Waals surface area contributed by atoms with Gasteiger partial charge in [-0.05, 0) is 24.2 Å². The Kier molecular flexibility index (Phi) is 3.73. The van der Waals surface area contributed by atoms with Gasteiger partial charge in [0, 0.05) is 12.0 Å². The summed E-state index contributed by atoms with van der Waals surface area (Å²) in [5.41, 5.74) is -1.03. The first-order valence-electron chi connectivity index (χ1n) is 6.44. The van der Waals surface area contributed by atoms with Crippen molar-refractivity contribution in [1.82, 2.24) is 4.72 Å². The Balaban J connectivity index is 2.29. The molecule has 2 fully saturated rings. The summed E-state index contributed by atoms with van der Waals surface area (Å²) >= 11 is 3.45. The number of halogens is 1. The molecule has 0 spiro atoms. The van der Waals surface area contributed by atoms with E-state index in [4.69, 9.17) is 0 Å². The lowest BCUT2D eigenvalue weighted by atomic mass is 9.70. The fourth-order valence-electron chi connectivity index (χ4n) is 3.72. The Morgan fingerprint density at radius 1 is 1.53 bits per heavy atom. The molecule has 0 aliphatic heterocycles. The summed E-state index contributed by atoms with van der Waals surface area (Å²) < 4.78 is 26.8. The van der Waals surface area contributed by atoms with Crippen LogP contribution < -0.4 is 4.72 Å². The molecule has 1 N–H and O–H groups in total. The van der Waals surface area contributed by atoms with E-state index in [2.05, 4.69) is 27.2 Å². The van der Waals surface area contributed by atoms with E-state index in [1.807, 2.05) is 13.8 Å². The Hall–Kier alpha value is -0.200. The van der Waals surface area contributed by atoms with Crippen molar-refractivity contribution in [2.75, 3.05) is 12.3 Å². The molecule has 2 aliphatic carbocycles. The molecule has 2 rings (SSSR count). The minimum absolute atomic E-state index is 0.00282. The van der Waals surface area contributed by atoms with Crippen molar-refractivity contribution in [3.63, 3.8) is 0 Å². The predicted octanol–water partition coefficient (Wildman–Crippen LogP) is 1.86. The van der Waals surface area contributed by atoms with Crippen LogP contribution in [0.15, 0.2) is 12.7 Å². The lowest BCUT2D eigenvalue weighted by Crippen LogP contribution is -2.43. The second-order valence-electron chi connectivity index (χ2n) is 6.06. The van der Waals surface area contributed by atoms with Crippen LogP contribution in [0.5, 0.6) is 0 Å². The largest absolute Gasteiger partial charge is 0.298 e. The highest BCUT2D eigenvalue weighted by molar-refractivity contribution is 9.10. The van der Waals surface area contributed by atoms with Crippen LogP contribution >= 0.6 is 15.9 Å². The molecule has 0 aromatic rings. The van der Waals surface area contributed by atoms with E-state index in [1.54, 1.807) is 0 Å². The smallest absolute Gasteiger partial charge is 0.212 e. The molecule has 0 heterocycles. The van der Waals surface area contributed by atoms with E-state index in [1.165, 1.54) is 6.08 Å². The Bertz CT molecular complexity index is 518. The number of nitrogens with one attached hydrogen (secondary N) is 1. The predicted molar refractivity (Wildman–Crippen MR) is 78.6 cm³/mol. The number of rotatable bonds is 5. The van der Waals surface area contributed by atoms with Crippen LogP contribution in [-0.2, 0) is 14.8 Å². The quantitative estimate of drug-likeness (QED) is 0.608. The monoisotopic (exact) mass is 349 g/mol. The first-order chi connectivity index (χ1) is 8.68. The van der Waals surface area contributed by atoms with Crippen LogP contribution in [0.3, 0.4) is 0 Å². The molecule has 0 aromatic carbocycles. The lowest BCUT2D eigenvalue weighted by Gasteiger charge is -2.36. The molecule has 19 heavy (non-hydrogen) atoms. The topological polar surface area (TPSA) is 63.2 Å². The number of hydrogen-bond donors (Lipinski definition) is 1. The molecule has 108 valence electrons. The molecule has 2 aliphatic rings. The molecule has 2 bridgehead atoms. The zero-order valence-electron chi connectivity index (χ0n) is 11.3. The summed E-state index contributed by atoms with van der Waals surface area (Å²) in [6.07, 6.45) is 3.21. The van der Waals surface area contributed by atoms with E-state index in [0.29, 0.717) is 0 Å². The fraction of sp³-hybridized carbons (Fsp3) is 0.769. The molecule has 0 amide bonds. The Morgan fingerprint density at radius 2 is 2.16 bits per heavy atom. The maximum atomic E-state index is 12.3. The van der Waals surface area contributed by atoms with E-state index in [-0.39, 0.29) is 28.8 Å². The first-order valence-corrected chi connectivity index (χ1v) is 9.01. The van der Waals surface area contributed by atoms with Crippen LogP contribution in [0.4, 0.5) is 0 Å². The lowest BCUT2D eigenvalue weighted by molar-refractivity contribution is -0.127. The highest BCUT2D eigenvalue weighted by atomic mass is 79.9. The first kappa shape index (κ1) is 15.2. The van der Waals surface area contributed by atoms with Gasteiger partial charge >= 0.3 is 0 Å². The van der Waals surface area contributed by atoms with E-state index < -0.39 is 20.9 Å². The van der Waals surface area contributed by atoms with Crippen molar-refractivity contribution >= 4 is 31.7 Å². The molecule has 0 saturated heterocycles. The van der Waals surface area contributed by atoms with Crippen molar-refractivity contribution in [2.24, 2.45) is 16.7 Å². The number of ketones is 1.